The molecule has 1 saturated heterocycles. The van der Waals surface area contributed by atoms with Gasteiger partial charge in [0.2, 0.25) is 5.91 Å². The van der Waals surface area contributed by atoms with Crippen molar-refractivity contribution in [3.05, 3.63) is 107 Å². The summed E-state index contributed by atoms with van der Waals surface area (Å²) in [5.74, 6) is -0.0329. The van der Waals surface area contributed by atoms with Gasteiger partial charge in [-0.25, -0.2) is 0 Å². The van der Waals surface area contributed by atoms with Gasteiger partial charge in [0.15, 0.2) is 5.78 Å². The van der Waals surface area contributed by atoms with Crippen molar-refractivity contribution >= 4 is 11.7 Å². The number of allylic oxidation sites excluding steroid dienone is 5. The van der Waals surface area contributed by atoms with Crippen LogP contribution in [0.5, 0.6) is 0 Å². The van der Waals surface area contributed by atoms with Crippen LogP contribution in [0.1, 0.15) is 28.3 Å². The van der Waals surface area contributed by atoms with Gasteiger partial charge in [0.25, 0.3) is 0 Å². The van der Waals surface area contributed by atoms with Crippen LogP contribution in [0.3, 0.4) is 0 Å². The van der Waals surface area contributed by atoms with E-state index in [1.54, 1.807) is 18.2 Å². The molecule has 0 spiro atoms. The predicted octanol–water partition coefficient (Wildman–Crippen LogP) is 4.16. The minimum atomic E-state index is -0.0287. The summed E-state index contributed by atoms with van der Waals surface area (Å²) in [6.07, 6.45) is 8.08. The number of piperazine rings is 1. The summed E-state index contributed by atoms with van der Waals surface area (Å²) in [5.41, 5.74) is 5.83. The lowest BCUT2D eigenvalue weighted by Gasteiger charge is -2.39. The van der Waals surface area contributed by atoms with E-state index in [-0.39, 0.29) is 17.7 Å². The Labute approximate surface area is 184 Å². The normalized spacial score (nSPS) is 17.1. The number of hydrogen-bond donors (Lipinski definition) is 0. The molecule has 0 aromatic heterocycles. The van der Waals surface area contributed by atoms with E-state index in [2.05, 4.69) is 67.3 Å². The Kier molecular flexibility index (Phi) is 6.28. The monoisotopic (exact) mass is 412 g/mol. The van der Waals surface area contributed by atoms with Crippen molar-refractivity contribution in [2.45, 2.75) is 19.9 Å². The van der Waals surface area contributed by atoms with Crippen LogP contribution in [0.25, 0.3) is 0 Å². The largest absolute Gasteiger partial charge is 0.337 e. The zero-order chi connectivity index (χ0) is 21.8. The van der Waals surface area contributed by atoms with Crippen LogP contribution in [0.2, 0.25) is 0 Å². The average Bonchev–Trinajstić information content (AvgIpc) is 3.20. The van der Waals surface area contributed by atoms with Gasteiger partial charge in [0.1, 0.15) is 0 Å². The maximum absolute atomic E-state index is 12.6. The summed E-state index contributed by atoms with van der Waals surface area (Å²) < 4.78 is 0. The third-order valence-electron chi connectivity index (χ3n) is 5.94. The van der Waals surface area contributed by atoms with E-state index in [0.717, 1.165) is 18.7 Å². The van der Waals surface area contributed by atoms with E-state index in [1.165, 1.54) is 34.4 Å². The van der Waals surface area contributed by atoms with Crippen molar-refractivity contribution < 1.29 is 9.59 Å². The third-order valence-corrected chi connectivity index (χ3v) is 5.94. The molecule has 31 heavy (non-hydrogen) atoms. The fourth-order valence-corrected chi connectivity index (χ4v) is 4.13. The number of aryl methyl sites for hydroxylation is 2. The van der Waals surface area contributed by atoms with E-state index in [1.807, 2.05) is 4.90 Å². The predicted molar refractivity (Wildman–Crippen MR) is 124 cm³/mol. The van der Waals surface area contributed by atoms with Crippen LogP contribution >= 0.6 is 0 Å². The number of benzene rings is 2. The number of hydrogen-bond acceptors (Lipinski definition) is 3. The highest BCUT2D eigenvalue weighted by molar-refractivity contribution is 6.04. The Morgan fingerprint density at radius 3 is 1.87 bits per heavy atom. The molecular weight excluding hydrogens is 384 g/mol. The molecule has 1 heterocycles. The number of rotatable bonds is 5. The molecule has 0 saturated carbocycles. The molecule has 0 N–H and O–H groups in total. The van der Waals surface area contributed by atoms with Crippen molar-refractivity contribution in [2.75, 3.05) is 26.2 Å². The SMILES string of the molecule is Cc1ccc(C(c2ccc(C)cc2)N2CCN(C(=O)/C=C/C3=CC(=O)C=C3)CC2)cc1. The Morgan fingerprint density at radius 1 is 0.839 bits per heavy atom. The van der Waals surface area contributed by atoms with Crippen LogP contribution in [0.4, 0.5) is 0 Å². The molecule has 2 aromatic carbocycles. The van der Waals surface area contributed by atoms with Gasteiger partial charge in [-0.1, -0.05) is 65.7 Å². The molecule has 1 aliphatic carbocycles. The molecule has 2 aromatic rings. The molecule has 2 aliphatic rings. The van der Waals surface area contributed by atoms with Crippen molar-refractivity contribution in [1.29, 1.82) is 0 Å². The summed E-state index contributed by atoms with van der Waals surface area (Å²) in [6, 6.07) is 17.7. The molecule has 4 heteroatoms. The number of ketones is 1. The van der Waals surface area contributed by atoms with E-state index >= 15 is 0 Å². The summed E-state index contributed by atoms with van der Waals surface area (Å²) in [4.78, 5) is 28.2. The Morgan fingerprint density at radius 2 is 1.39 bits per heavy atom. The zero-order valence-electron chi connectivity index (χ0n) is 18.1. The van der Waals surface area contributed by atoms with Crippen LogP contribution in [0.15, 0.2) is 84.5 Å². The molecule has 4 nitrogen and oxygen atoms in total. The highest BCUT2D eigenvalue weighted by atomic mass is 16.2. The molecule has 158 valence electrons. The van der Waals surface area contributed by atoms with Crippen LogP contribution in [-0.2, 0) is 9.59 Å². The molecule has 1 amide bonds. The van der Waals surface area contributed by atoms with Crippen LogP contribution < -0.4 is 0 Å². The van der Waals surface area contributed by atoms with Crippen molar-refractivity contribution in [1.82, 2.24) is 9.80 Å². The van der Waals surface area contributed by atoms with Crippen LogP contribution in [0, 0.1) is 13.8 Å². The van der Waals surface area contributed by atoms with E-state index in [9.17, 15) is 9.59 Å². The van der Waals surface area contributed by atoms with Gasteiger partial charge in [0.05, 0.1) is 6.04 Å². The van der Waals surface area contributed by atoms with E-state index < -0.39 is 0 Å². The summed E-state index contributed by atoms with van der Waals surface area (Å²) in [5, 5.41) is 0. The number of carbonyl (C=O) groups is 2. The summed E-state index contributed by atoms with van der Waals surface area (Å²) in [7, 11) is 0. The smallest absolute Gasteiger partial charge is 0.246 e. The Bertz CT molecular complexity index is 992. The lowest BCUT2D eigenvalue weighted by Crippen LogP contribution is -2.49. The van der Waals surface area contributed by atoms with Gasteiger partial charge in [-0.15, -0.1) is 0 Å². The second-order valence-electron chi connectivity index (χ2n) is 8.30. The van der Waals surface area contributed by atoms with Gasteiger partial charge < -0.3 is 4.90 Å². The van der Waals surface area contributed by atoms with Crippen molar-refractivity contribution in [2.24, 2.45) is 0 Å². The molecule has 0 atom stereocenters. The van der Waals surface area contributed by atoms with E-state index in [4.69, 9.17) is 0 Å². The van der Waals surface area contributed by atoms with Gasteiger partial charge in [0, 0.05) is 32.3 Å². The molecule has 0 radical (unpaired) electrons. The van der Waals surface area contributed by atoms with Crippen molar-refractivity contribution in [3.8, 4) is 0 Å². The fraction of sp³-hybridized carbons (Fsp3) is 0.259. The highest BCUT2D eigenvalue weighted by Gasteiger charge is 2.27. The standard InChI is InChI=1S/C27H28N2O2/c1-20-3-9-23(10-4-20)27(24-11-5-21(2)6-12-24)29-17-15-28(16-18-29)26(31)14-8-22-7-13-25(30)19-22/h3-14,19,27H,15-18H2,1-2H3/b14-8+. The zero-order valence-corrected chi connectivity index (χ0v) is 18.1. The van der Waals surface area contributed by atoms with E-state index in [0.29, 0.717) is 13.1 Å². The minimum Gasteiger partial charge on any atom is -0.337 e. The Hall–Kier alpha value is -3.24. The quantitative estimate of drug-likeness (QED) is 0.693. The van der Waals surface area contributed by atoms with Crippen LogP contribution in [-0.4, -0.2) is 47.7 Å². The molecule has 1 fully saturated rings. The van der Waals surface area contributed by atoms with Gasteiger partial charge in [-0.05, 0) is 48.8 Å². The summed E-state index contributed by atoms with van der Waals surface area (Å²) in [6.45, 7) is 7.21. The fourth-order valence-electron chi connectivity index (χ4n) is 4.13. The van der Waals surface area contributed by atoms with Gasteiger partial charge in [-0.3, -0.25) is 14.5 Å². The molecule has 0 bridgehead atoms. The highest BCUT2D eigenvalue weighted by Crippen LogP contribution is 2.30. The lowest BCUT2D eigenvalue weighted by atomic mass is 9.95. The molecule has 0 unspecified atom stereocenters. The molecular formula is C27H28N2O2. The lowest BCUT2D eigenvalue weighted by molar-refractivity contribution is -0.128. The average molecular weight is 413 g/mol. The minimum absolute atomic E-state index is 0.00415. The number of nitrogens with zero attached hydrogens (tertiary/aromatic N) is 2. The maximum Gasteiger partial charge on any atom is 0.246 e. The topological polar surface area (TPSA) is 40.6 Å². The second-order valence-corrected chi connectivity index (χ2v) is 8.30. The Balaban J connectivity index is 1.46. The summed E-state index contributed by atoms with van der Waals surface area (Å²) >= 11 is 0. The van der Waals surface area contributed by atoms with Crippen molar-refractivity contribution in [3.63, 3.8) is 0 Å². The first kappa shape index (κ1) is 21.0. The molecule has 4 rings (SSSR count). The second kappa shape index (κ2) is 9.27. The molecule has 1 aliphatic heterocycles. The van der Waals surface area contributed by atoms with Gasteiger partial charge in [-0.2, -0.15) is 0 Å². The first-order valence-electron chi connectivity index (χ1n) is 10.8. The van der Waals surface area contributed by atoms with Gasteiger partial charge >= 0.3 is 0 Å². The first-order chi connectivity index (χ1) is 15.0. The maximum atomic E-state index is 12.6. The number of carbonyl (C=O) groups excluding carboxylic acids is 2. The number of amides is 1. The third kappa shape index (κ3) is 5.09. The first-order valence-corrected chi connectivity index (χ1v) is 10.8.